The van der Waals surface area contributed by atoms with Gasteiger partial charge in [0.15, 0.2) is 11.6 Å². The molecule has 3 heterocycles. The van der Waals surface area contributed by atoms with Gasteiger partial charge in [-0.05, 0) is 42.7 Å². The Bertz CT molecular complexity index is 1050. The first-order valence-corrected chi connectivity index (χ1v) is 8.90. The number of hydrogen-bond donors (Lipinski definition) is 2. The van der Waals surface area contributed by atoms with E-state index in [-0.39, 0.29) is 17.6 Å². The fourth-order valence-electron chi connectivity index (χ4n) is 3.74. The number of allylic oxidation sites excluding steroid dienone is 2. The van der Waals surface area contributed by atoms with Crippen molar-refractivity contribution in [1.82, 2.24) is 19.7 Å². The van der Waals surface area contributed by atoms with E-state index in [1.54, 1.807) is 29.2 Å². The lowest BCUT2D eigenvalue weighted by Gasteiger charge is -2.32. The van der Waals surface area contributed by atoms with Crippen LogP contribution in [0.4, 0.5) is 5.95 Å². The molecule has 1 aliphatic heterocycles. The van der Waals surface area contributed by atoms with Crippen LogP contribution < -0.4 is 5.32 Å². The first-order chi connectivity index (χ1) is 13.2. The quantitative estimate of drug-likeness (QED) is 0.730. The fourth-order valence-corrected chi connectivity index (χ4v) is 3.74. The number of pyridine rings is 1. The van der Waals surface area contributed by atoms with Gasteiger partial charge in [0, 0.05) is 35.6 Å². The van der Waals surface area contributed by atoms with Crippen molar-refractivity contribution < 1.29 is 9.90 Å². The number of nitrogens with zero attached hydrogens (tertiary/aromatic N) is 4. The summed E-state index contributed by atoms with van der Waals surface area (Å²) in [4.78, 5) is 21.5. The molecule has 0 amide bonds. The van der Waals surface area contributed by atoms with Crippen molar-refractivity contribution in [1.29, 1.82) is 0 Å². The van der Waals surface area contributed by atoms with Crippen molar-refractivity contribution in [3.05, 3.63) is 65.6 Å². The van der Waals surface area contributed by atoms with Crippen LogP contribution in [0.2, 0.25) is 0 Å². The van der Waals surface area contributed by atoms with E-state index < -0.39 is 0 Å². The molecule has 7 heteroatoms. The summed E-state index contributed by atoms with van der Waals surface area (Å²) in [7, 11) is 0. The highest BCUT2D eigenvalue weighted by Crippen LogP contribution is 2.40. The predicted molar refractivity (Wildman–Crippen MR) is 99.0 cm³/mol. The maximum atomic E-state index is 12.7. The maximum absolute atomic E-state index is 12.7. The van der Waals surface area contributed by atoms with Gasteiger partial charge in [0.1, 0.15) is 11.8 Å². The van der Waals surface area contributed by atoms with Gasteiger partial charge < -0.3 is 10.4 Å². The van der Waals surface area contributed by atoms with E-state index in [4.69, 9.17) is 0 Å². The molecule has 0 saturated heterocycles. The van der Waals surface area contributed by atoms with Gasteiger partial charge in [-0.2, -0.15) is 4.98 Å². The maximum Gasteiger partial charge on any atom is 0.226 e. The molecule has 3 aromatic rings. The van der Waals surface area contributed by atoms with Gasteiger partial charge in [-0.1, -0.05) is 12.1 Å². The SMILES string of the molecule is O=C1CCCC2=C1C(c1ccc(O)cc1)n1nc(-c3cccnc3)nc1N2. The summed E-state index contributed by atoms with van der Waals surface area (Å²) in [5.41, 5.74) is 3.36. The minimum atomic E-state index is -0.359. The van der Waals surface area contributed by atoms with Gasteiger partial charge in [-0.25, -0.2) is 4.68 Å². The molecular weight excluding hydrogens is 342 g/mol. The number of hydrogen-bond acceptors (Lipinski definition) is 6. The average molecular weight is 359 g/mol. The molecule has 2 N–H and O–H groups in total. The van der Waals surface area contributed by atoms with Crippen molar-refractivity contribution in [2.24, 2.45) is 0 Å². The standard InChI is InChI=1S/C20H17N5O2/c26-14-8-6-12(7-9-14)18-17-15(4-1-5-16(17)27)22-20-23-19(24-25(18)20)13-3-2-10-21-11-13/h2-3,6-11,18,26H,1,4-5H2,(H,22,23,24). The molecule has 27 heavy (non-hydrogen) atoms. The predicted octanol–water partition coefficient (Wildman–Crippen LogP) is 3.07. The van der Waals surface area contributed by atoms with Gasteiger partial charge in [0.2, 0.25) is 5.95 Å². The zero-order valence-electron chi connectivity index (χ0n) is 14.5. The minimum absolute atomic E-state index is 0.130. The summed E-state index contributed by atoms with van der Waals surface area (Å²) in [6, 6.07) is 10.3. The molecule has 0 fully saturated rings. The number of aromatic nitrogens is 4. The fraction of sp³-hybridized carbons (Fsp3) is 0.200. The van der Waals surface area contributed by atoms with Crippen molar-refractivity contribution >= 4 is 11.7 Å². The number of carbonyl (C=O) groups is 1. The molecule has 0 bridgehead atoms. The van der Waals surface area contributed by atoms with Gasteiger partial charge >= 0.3 is 0 Å². The lowest BCUT2D eigenvalue weighted by atomic mass is 9.85. The number of ketones is 1. The molecular formula is C20H17N5O2. The number of benzene rings is 1. The third-order valence-corrected chi connectivity index (χ3v) is 5.00. The number of anilines is 1. The Morgan fingerprint density at radius 2 is 2.00 bits per heavy atom. The Balaban J connectivity index is 1.68. The van der Waals surface area contributed by atoms with Gasteiger partial charge in [-0.15, -0.1) is 5.10 Å². The molecule has 1 aromatic carbocycles. The second-order valence-corrected chi connectivity index (χ2v) is 6.73. The molecule has 1 atom stereocenters. The zero-order chi connectivity index (χ0) is 18.4. The number of nitrogens with one attached hydrogen (secondary N) is 1. The van der Waals surface area contributed by atoms with E-state index >= 15 is 0 Å². The second kappa shape index (κ2) is 6.05. The summed E-state index contributed by atoms with van der Waals surface area (Å²) in [6.07, 6.45) is 5.60. The number of rotatable bonds is 2. The highest BCUT2D eigenvalue weighted by Gasteiger charge is 2.36. The molecule has 5 rings (SSSR count). The highest BCUT2D eigenvalue weighted by atomic mass is 16.3. The van der Waals surface area contributed by atoms with Gasteiger partial charge in [0.25, 0.3) is 0 Å². The van der Waals surface area contributed by atoms with E-state index in [2.05, 4.69) is 20.4 Å². The molecule has 1 aliphatic carbocycles. The number of aromatic hydroxyl groups is 1. The van der Waals surface area contributed by atoms with Crippen LogP contribution in [0.3, 0.4) is 0 Å². The van der Waals surface area contributed by atoms with E-state index in [1.165, 1.54) is 0 Å². The van der Waals surface area contributed by atoms with Crippen molar-refractivity contribution in [3.8, 4) is 17.1 Å². The molecule has 0 radical (unpaired) electrons. The summed E-state index contributed by atoms with van der Waals surface area (Å²) in [5.74, 6) is 1.49. The van der Waals surface area contributed by atoms with E-state index in [0.717, 1.165) is 35.2 Å². The molecule has 2 aliphatic rings. The van der Waals surface area contributed by atoms with Crippen LogP contribution >= 0.6 is 0 Å². The monoisotopic (exact) mass is 359 g/mol. The molecule has 134 valence electrons. The average Bonchev–Trinajstić information content (AvgIpc) is 3.12. The highest BCUT2D eigenvalue weighted by molar-refractivity contribution is 5.99. The third-order valence-electron chi connectivity index (χ3n) is 5.00. The van der Waals surface area contributed by atoms with Crippen LogP contribution in [0.25, 0.3) is 11.4 Å². The Hall–Kier alpha value is -3.48. The van der Waals surface area contributed by atoms with E-state index in [1.807, 2.05) is 24.3 Å². The van der Waals surface area contributed by atoms with Gasteiger partial charge in [0.05, 0.1) is 0 Å². The lowest BCUT2D eigenvalue weighted by molar-refractivity contribution is -0.116. The van der Waals surface area contributed by atoms with Crippen molar-refractivity contribution in [3.63, 3.8) is 0 Å². The molecule has 0 spiro atoms. The third kappa shape index (κ3) is 2.59. The van der Waals surface area contributed by atoms with E-state index in [0.29, 0.717) is 18.2 Å². The van der Waals surface area contributed by atoms with Crippen LogP contribution in [-0.2, 0) is 4.79 Å². The number of phenols is 1. The number of fused-ring (bicyclic) bond motifs is 1. The van der Waals surface area contributed by atoms with Crippen LogP contribution in [0, 0.1) is 0 Å². The smallest absolute Gasteiger partial charge is 0.226 e. The number of carbonyl (C=O) groups excluding carboxylic acids is 1. The summed E-state index contributed by atoms with van der Waals surface area (Å²) in [5, 5.41) is 17.6. The molecule has 2 aromatic heterocycles. The Labute approximate surface area is 155 Å². The largest absolute Gasteiger partial charge is 0.508 e. The topological polar surface area (TPSA) is 92.9 Å². The Kier molecular flexibility index (Phi) is 3.53. The van der Waals surface area contributed by atoms with Crippen LogP contribution in [0.1, 0.15) is 30.9 Å². The second-order valence-electron chi connectivity index (χ2n) is 6.73. The summed E-state index contributed by atoms with van der Waals surface area (Å²) < 4.78 is 1.76. The molecule has 7 nitrogen and oxygen atoms in total. The molecule has 1 unspecified atom stereocenters. The number of Topliss-reactive ketones (excluding diaryl/α,β-unsaturated/α-hetero) is 1. The van der Waals surface area contributed by atoms with Crippen molar-refractivity contribution in [2.75, 3.05) is 5.32 Å². The van der Waals surface area contributed by atoms with Gasteiger partial charge in [-0.3, -0.25) is 9.78 Å². The summed E-state index contributed by atoms with van der Waals surface area (Å²) >= 11 is 0. The normalized spacial score (nSPS) is 18.7. The Morgan fingerprint density at radius 3 is 2.78 bits per heavy atom. The Morgan fingerprint density at radius 1 is 1.15 bits per heavy atom. The summed E-state index contributed by atoms with van der Waals surface area (Å²) in [6.45, 7) is 0. The molecule has 0 saturated carbocycles. The van der Waals surface area contributed by atoms with Crippen molar-refractivity contribution in [2.45, 2.75) is 25.3 Å². The minimum Gasteiger partial charge on any atom is -0.508 e. The first kappa shape index (κ1) is 15.7. The van der Waals surface area contributed by atoms with Crippen LogP contribution in [0.5, 0.6) is 5.75 Å². The van der Waals surface area contributed by atoms with E-state index in [9.17, 15) is 9.90 Å². The van der Waals surface area contributed by atoms with Crippen LogP contribution in [0.15, 0.2) is 60.1 Å². The number of phenolic OH excluding ortho intramolecular Hbond substituents is 1. The lowest BCUT2D eigenvalue weighted by Crippen LogP contribution is -2.31. The van der Waals surface area contributed by atoms with Crippen LogP contribution in [-0.4, -0.2) is 30.6 Å². The first-order valence-electron chi connectivity index (χ1n) is 8.90. The zero-order valence-corrected chi connectivity index (χ0v) is 14.5.